The molecule has 0 bridgehead atoms. The van der Waals surface area contributed by atoms with E-state index in [9.17, 15) is 14.4 Å². The lowest BCUT2D eigenvalue weighted by Crippen LogP contribution is -2.53. The monoisotopic (exact) mass is 558 g/mol. The van der Waals surface area contributed by atoms with Crippen molar-refractivity contribution in [3.05, 3.63) is 95.6 Å². The predicted molar refractivity (Wildman–Crippen MR) is 156 cm³/mol. The Morgan fingerprint density at radius 3 is 2.10 bits per heavy atom. The topological polar surface area (TPSA) is 114 Å². The Bertz CT molecular complexity index is 1280. The van der Waals surface area contributed by atoms with Gasteiger partial charge in [0.15, 0.2) is 0 Å². The van der Waals surface area contributed by atoms with E-state index in [4.69, 9.17) is 14.6 Å². The Labute approximate surface area is 241 Å². The summed E-state index contributed by atoms with van der Waals surface area (Å²) in [6.07, 6.45) is -0.0953. The number of nitrogens with one attached hydrogen (secondary N) is 2. The van der Waals surface area contributed by atoms with Crippen molar-refractivity contribution in [1.29, 1.82) is 0 Å². The van der Waals surface area contributed by atoms with E-state index >= 15 is 0 Å². The Morgan fingerprint density at radius 2 is 1.46 bits per heavy atom. The van der Waals surface area contributed by atoms with Crippen LogP contribution >= 0.6 is 0 Å². The maximum Gasteiger partial charge on any atom is 0.407 e. The molecule has 3 aromatic carbocycles. The summed E-state index contributed by atoms with van der Waals surface area (Å²) in [4.78, 5) is 37.1. The van der Waals surface area contributed by atoms with Crippen LogP contribution in [0.4, 0.5) is 4.79 Å². The molecule has 0 aliphatic heterocycles. The molecule has 4 rings (SSSR count). The van der Waals surface area contributed by atoms with Crippen LogP contribution in [0.25, 0.3) is 11.1 Å². The predicted octanol–water partition coefficient (Wildman–Crippen LogP) is 5.51. The Kier molecular flexibility index (Phi) is 10.5. The lowest BCUT2D eigenvalue weighted by atomic mass is 9.98. The number of hydrogen-bond acceptors (Lipinski definition) is 5. The summed E-state index contributed by atoms with van der Waals surface area (Å²) in [7, 11) is 0. The molecule has 3 atom stereocenters. The molecule has 3 aromatic rings. The number of alkyl carbamates (subject to hydrolysis) is 1. The smallest absolute Gasteiger partial charge is 0.407 e. The van der Waals surface area contributed by atoms with E-state index in [-0.39, 0.29) is 37.4 Å². The quantitative estimate of drug-likeness (QED) is 0.241. The van der Waals surface area contributed by atoms with Gasteiger partial charge >= 0.3 is 12.1 Å². The molecule has 0 radical (unpaired) electrons. The maximum atomic E-state index is 13.2. The van der Waals surface area contributed by atoms with E-state index in [1.807, 2.05) is 61.5 Å². The molecule has 0 saturated carbocycles. The molecule has 1 aliphatic carbocycles. The number of carboxylic acid groups (broad SMARTS) is 1. The molecule has 0 aromatic heterocycles. The van der Waals surface area contributed by atoms with Crippen LogP contribution in [0.3, 0.4) is 0 Å². The number of amides is 2. The largest absolute Gasteiger partial charge is 0.481 e. The highest BCUT2D eigenvalue weighted by Crippen LogP contribution is 2.44. The first-order chi connectivity index (χ1) is 19.8. The average Bonchev–Trinajstić information content (AvgIpc) is 3.30. The Balaban J connectivity index is 1.37. The summed E-state index contributed by atoms with van der Waals surface area (Å²) < 4.78 is 11.7. The highest BCUT2D eigenvalue weighted by Gasteiger charge is 2.31. The summed E-state index contributed by atoms with van der Waals surface area (Å²) in [5.41, 5.74) is 5.43. The first kappa shape index (κ1) is 29.8. The molecule has 8 nitrogen and oxygen atoms in total. The summed E-state index contributed by atoms with van der Waals surface area (Å²) in [5.74, 6) is -1.19. The molecule has 0 heterocycles. The van der Waals surface area contributed by atoms with Gasteiger partial charge in [-0.1, -0.05) is 85.8 Å². The number of aliphatic carboxylic acids is 1. The van der Waals surface area contributed by atoms with E-state index in [1.54, 1.807) is 6.92 Å². The van der Waals surface area contributed by atoms with Gasteiger partial charge in [-0.25, -0.2) is 4.79 Å². The lowest BCUT2D eigenvalue weighted by molar-refractivity contribution is -0.137. The average molecular weight is 559 g/mol. The molecule has 1 aliphatic rings. The number of benzene rings is 3. The third kappa shape index (κ3) is 8.17. The zero-order valence-electron chi connectivity index (χ0n) is 23.5. The van der Waals surface area contributed by atoms with Crippen molar-refractivity contribution >= 4 is 18.0 Å². The van der Waals surface area contributed by atoms with Gasteiger partial charge in [0.2, 0.25) is 5.91 Å². The van der Waals surface area contributed by atoms with Crippen LogP contribution in [0.15, 0.2) is 78.9 Å². The van der Waals surface area contributed by atoms with Gasteiger partial charge in [-0.05, 0) is 53.5 Å². The number of rotatable bonds is 14. The first-order valence-electron chi connectivity index (χ1n) is 14.1. The van der Waals surface area contributed by atoms with Crippen molar-refractivity contribution in [3.63, 3.8) is 0 Å². The SMILES string of the molecule is CC(CCNC(=O)C(NC(=O)OCC1c2ccccc2-c2ccccc21)C(C)OCc1ccccc1)CCC(=O)O. The van der Waals surface area contributed by atoms with Gasteiger partial charge in [-0.15, -0.1) is 0 Å². The van der Waals surface area contributed by atoms with Gasteiger partial charge in [0, 0.05) is 18.9 Å². The third-order valence-corrected chi connectivity index (χ3v) is 7.51. The fourth-order valence-electron chi connectivity index (χ4n) is 5.13. The van der Waals surface area contributed by atoms with Crippen LogP contribution < -0.4 is 10.6 Å². The standard InChI is InChI=1S/C33H38N2O6/c1-22(16-17-30(36)37)18-19-34-32(38)31(23(2)40-20-24-10-4-3-5-11-24)35-33(39)41-21-29-27-14-8-6-12-25(27)26-13-7-9-15-28(26)29/h3-15,22-23,29,31H,16-21H2,1-2H3,(H,34,38)(H,35,39)(H,36,37). The van der Waals surface area contributed by atoms with Crippen LogP contribution in [0.5, 0.6) is 0 Å². The number of carbonyl (C=O) groups excluding carboxylic acids is 2. The highest BCUT2D eigenvalue weighted by atomic mass is 16.5. The fourth-order valence-corrected chi connectivity index (χ4v) is 5.13. The molecule has 216 valence electrons. The van der Waals surface area contributed by atoms with Crippen LogP contribution in [0, 0.1) is 5.92 Å². The minimum Gasteiger partial charge on any atom is -0.481 e. The first-order valence-corrected chi connectivity index (χ1v) is 14.1. The molecule has 0 fully saturated rings. The van der Waals surface area contributed by atoms with E-state index < -0.39 is 24.2 Å². The van der Waals surface area contributed by atoms with E-state index in [1.165, 1.54) is 0 Å². The van der Waals surface area contributed by atoms with Crippen molar-refractivity contribution in [2.45, 2.75) is 57.8 Å². The molecule has 0 spiro atoms. The van der Waals surface area contributed by atoms with Crippen LogP contribution in [0.1, 0.15) is 55.7 Å². The van der Waals surface area contributed by atoms with Gasteiger partial charge in [0.05, 0.1) is 12.7 Å². The van der Waals surface area contributed by atoms with E-state index in [2.05, 4.69) is 34.9 Å². The van der Waals surface area contributed by atoms with Crippen molar-refractivity contribution in [3.8, 4) is 11.1 Å². The second-order valence-corrected chi connectivity index (χ2v) is 10.6. The minimum atomic E-state index is -0.983. The van der Waals surface area contributed by atoms with Gasteiger partial charge in [0.1, 0.15) is 12.6 Å². The minimum absolute atomic E-state index is 0.0887. The van der Waals surface area contributed by atoms with Crippen molar-refractivity contribution in [2.75, 3.05) is 13.2 Å². The summed E-state index contributed by atoms with van der Waals surface area (Å²) in [5, 5.41) is 14.5. The number of carbonyl (C=O) groups is 3. The van der Waals surface area contributed by atoms with Gasteiger partial charge in [-0.2, -0.15) is 0 Å². The molecule has 3 N–H and O–H groups in total. The Morgan fingerprint density at radius 1 is 0.854 bits per heavy atom. The molecule has 41 heavy (non-hydrogen) atoms. The second kappa shape index (κ2) is 14.5. The van der Waals surface area contributed by atoms with E-state index in [0.717, 1.165) is 27.8 Å². The van der Waals surface area contributed by atoms with Crippen LogP contribution in [-0.4, -0.2) is 48.4 Å². The van der Waals surface area contributed by atoms with Crippen molar-refractivity contribution < 1.29 is 29.0 Å². The molecule has 0 saturated heterocycles. The number of carboxylic acids is 1. The van der Waals surface area contributed by atoms with Gasteiger partial charge < -0.3 is 25.2 Å². The number of hydrogen-bond donors (Lipinski definition) is 3. The van der Waals surface area contributed by atoms with Crippen LogP contribution in [-0.2, 0) is 25.7 Å². The van der Waals surface area contributed by atoms with Gasteiger partial charge in [0.25, 0.3) is 0 Å². The number of ether oxygens (including phenoxy) is 2. The normalized spacial score (nSPS) is 14.3. The molecule has 8 heteroatoms. The number of fused-ring (bicyclic) bond motifs is 3. The molecule has 2 amide bonds. The molecule has 3 unspecified atom stereocenters. The summed E-state index contributed by atoms with van der Waals surface area (Å²) in [6.45, 7) is 4.46. The molecular formula is C33H38N2O6. The Hall–Kier alpha value is -4.17. The van der Waals surface area contributed by atoms with Crippen molar-refractivity contribution in [1.82, 2.24) is 10.6 Å². The van der Waals surface area contributed by atoms with Crippen LogP contribution in [0.2, 0.25) is 0 Å². The zero-order chi connectivity index (χ0) is 29.2. The second-order valence-electron chi connectivity index (χ2n) is 10.6. The lowest BCUT2D eigenvalue weighted by Gasteiger charge is -2.25. The van der Waals surface area contributed by atoms with E-state index in [0.29, 0.717) is 19.4 Å². The third-order valence-electron chi connectivity index (χ3n) is 7.51. The highest BCUT2D eigenvalue weighted by molar-refractivity contribution is 5.86. The summed E-state index contributed by atoms with van der Waals surface area (Å²) in [6, 6.07) is 24.8. The van der Waals surface area contributed by atoms with Gasteiger partial charge in [-0.3, -0.25) is 9.59 Å². The fraction of sp³-hybridized carbons (Fsp3) is 0.364. The maximum absolute atomic E-state index is 13.2. The molecular weight excluding hydrogens is 520 g/mol. The van der Waals surface area contributed by atoms with Crippen molar-refractivity contribution in [2.24, 2.45) is 5.92 Å². The zero-order valence-corrected chi connectivity index (χ0v) is 23.5. The summed E-state index contributed by atoms with van der Waals surface area (Å²) >= 11 is 0.